The Balaban J connectivity index is 1.76. The Labute approximate surface area is 196 Å². The third-order valence-corrected chi connectivity index (χ3v) is 6.56. The summed E-state index contributed by atoms with van der Waals surface area (Å²) in [6, 6.07) is 3.46. The first-order valence-corrected chi connectivity index (χ1v) is 11.4. The molecule has 0 saturated heterocycles. The number of hydrogen-bond acceptors (Lipinski definition) is 5. The highest BCUT2D eigenvalue weighted by atomic mass is 35.5. The Kier molecular flexibility index (Phi) is 6.46. The molecule has 1 aliphatic rings. The average Bonchev–Trinajstić information content (AvgIpc) is 3.20. The second-order valence-electron chi connectivity index (χ2n) is 7.57. The molecule has 8 nitrogen and oxygen atoms in total. The molecule has 3 heterocycles. The number of halogens is 3. The third-order valence-electron chi connectivity index (χ3n) is 5.66. The second-order valence-corrected chi connectivity index (χ2v) is 8.81. The van der Waals surface area contributed by atoms with Crippen LogP contribution >= 0.6 is 11.6 Å². The van der Waals surface area contributed by atoms with Crippen LogP contribution in [-0.2, 0) is 24.2 Å². The SMILES string of the molecule is CNC(=O)c1ncn2c1CC[C@@H](c1c(F)ccc(N(c3cc(Cl)cnc3C)S(=O)[O-])c1F)C2. The summed E-state index contributed by atoms with van der Waals surface area (Å²) in [6.45, 7) is 1.74. The summed E-state index contributed by atoms with van der Waals surface area (Å²) in [7, 11) is 1.50. The van der Waals surface area contributed by atoms with Gasteiger partial charge in [-0.05, 0) is 38.0 Å². The molecule has 1 unspecified atom stereocenters. The lowest BCUT2D eigenvalue weighted by molar-refractivity contribution is 0.0957. The van der Waals surface area contributed by atoms with Crippen LogP contribution in [0.3, 0.4) is 0 Å². The largest absolute Gasteiger partial charge is 0.755 e. The number of aromatic nitrogens is 3. The summed E-state index contributed by atoms with van der Waals surface area (Å²) < 4.78 is 57.2. The number of hydrogen-bond donors (Lipinski definition) is 1. The summed E-state index contributed by atoms with van der Waals surface area (Å²) in [4.78, 5) is 20.1. The first-order chi connectivity index (χ1) is 15.7. The zero-order valence-corrected chi connectivity index (χ0v) is 19.2. The zero-order chi connectivity index (χ0) is 23.9. The normalized spacial score (nSPS) is 16.2. The lowest BCUT2D eigenvalue weighted by Gasteiger charge is -2.30. The topological polar surface area (TPSA) is 103 Å². The predicted molar refractivity (Wildman–Crippen MR) is 118 cm³/mol. The van der Waals surface area contributed by atoms with E-state index in [9.17, 15) is 17.9 Å². The fraction of sp³-hybridized carbons (Fsp3) is 0.286. The lowest BCUT2D eigenvalue weighted by atomic mass is 9.89. The molecule has 0 radical (unpaired) electrons. The first kappa shape index (κ1) is 23.3. The molecule has 33 heavy (non-hydrogen) atoms. The van der Waals surface area contributed by atoms with E-state index in [2.05, 4.69) is 15.3 Å². The van der Waals surface area contributed by atoms with Gasteiger partial charge in [-0.2, -0.15) is 0 Å². The fourth-order valence-electron chi connectivity index (χ4n) is 4.09. The molecule has 1 aromatic carbocycles. The average molecular weight is 495 g/mol. The van der Waals surface area contributed by atoms with Crippen molar-refractivity contribution >= 4 is 40.1 Å². The summed E-state index contributed by atoms with van der Waals surface area (Å²) in [5.41, 5.74) is 0.762. The monoisotopic (exact) mass is 494 g/mol. The first-order valence-electron chi connectivity index (χ1n) is 9.98. The van der Waals surface area contributed by atoms with E-state index in [0.29, 0.717) is 28.5 Å². The quantitative estimate of drug-likeness (QED) is 0.546. The number of aryl methyl sites for hydroxylation is 1. The van der Waals surface area contributed by atoms with Crippen molar-refractivity contribution in [2.24, 2.45) is 0 Å². The van der Waals surface area contributed by atoms with Crippen LogP contribution in [0.5, 0.6) is 0 Å². The maximum absolute atomic E-state index is 15.7. The predicted octanol–water partition coefficient (Wildman–Crippen LogP) is 3.54. The van der Waals surface area contributed by atoms with Crippen LogP contribution in [0.25, 0.3) is 0 Å². The van der Waals surface area contributed by atoms with Gasteiger partial charge in [-0.1, -0.05) is 11.6 Å². The standard InChI is InChI=1S/C21H20ClF2N5O3S/c1-11-17(7-13(22)8-26-11)29(33(31)32)15-6-4-14(23)18(19(15)24)12-3-5-16-20(21(30)25-2)27-10-28(16)9-12/h4,6-8,10,12H,3,5,9H2,1-2H3,(H,25,30)(H,31,32)/p-1/t12-/m1/s1. The van der Waals surface area contributed by atoms with Gasteiger partial charge >= 0.3 is 0 Å². The van der Waals surface area contributed by atoms with E-state index < -0.39 is 28.8 Å². The van der Waals surface area contributed by atoms with Crippen molar-refractivity contribution in [3.05, 3.63) is 70.0 Å². The molecule has 3 aromatic rings. The Morgan fingerprint density at radius 3 is 2.79 bits per heavy atom. The van der Waals surface area contributed by atoms with Gasteiger partial charge in [0.1, 0.15) is 11.5 Å². The number of nitrogens with one attached hydrogen (secondary N) is 1. The minimum atomic E-state index is -2.93. The number of fused-ring (bicyclic) bond motifs is 1. The van der Waals surface area contributed by atoms with Crippen LogP contribution in [0, 0.1) is 18.6 Å². The number of pyridine rings is 1. The number of anilines is 2. The van der Waals surface area contributed by atoms with Crippen molar-refractivity contribution in [3.8, 4) is 0 Å². The summed E-state index contributed by atoms with van der Waals surface area (Å²) in [5.74, 6) is -2.70. The van der Waals surface area contributed by atoms with Crippen LogP contribution in [0.2, 0.25) is 5.02 Å². The maximum atomic E-state index is 15.7. The van der Waals surface area contributed by atoms with Gasteiger partial charge in [-0.25, -0.2) is 13.8 Å². The maximum Gasteiger partial charge on any atom is 0.271 e. The lowest BCUT2D eigenvalue weighted by Crippen LogP contribution is -2.26. The summed E-state index contributed by atoms with van der Waals surface area (Å²) in [6.07, 6.45) is 3.54. The smallest absolute Gasteiger partial charge is 0.271 e. The van der Waals surface area contributed by atoms with Gasteiger partial charge < -0.3 is 14.4 Å². The molecule has 0 saturated carbocycles. The molecule has 0 aliphatic carbocycles. The summed E-state index contributed by atoms with van der Waals surface area (Å²) >= 11 is 3.04. The Morgan fingerprint density at radius 1 is 1.33 bits per heavy atom. The molecule has 2 aromatic heterocycles. The molecular formula is C21H19ClF2N5O3S-. The minimum absolute atomic E-state index is 0.0584. The number of nitrogens with zero attached hydrogens (tertiary/aromatic N) is 4. The Morgan fingerprint density at radius 2 is 2.09 bits per heavy atom. The van der Waals surface area contributed by atoms with E-state index in [1.807, 2.05) is 0 Å². The molecule has 1 N–H and O–H groups in total. The van der Waals surface area contributed by atoms with E-state index in [1.54, 1.807) is 11.5 Å². The number of imidazole rings is 1. The van der Waals surface area contributed by atoms with Crippen LogP contribution in [0.4, 0.5) is 20.2 Å². The number of carbonyl (C=O) groups excluding carboxylic acids is 1. The van der Waals surface area contributed by atoms with E-state index in [4.69, 9.17) is 11.6 Å². The van der Waals surface area contributed by atoms with Crippen molar-refractivity contribution in [1.29, 1.82) is 0 Å². The fourth-order valence-corrected chi connectivity index (χ4v) is 4.89. The molecular weight excluding hydrogens is 476 g/mol. The Hall–Kier alpha value is -2.89. The van der Waals surface area contributed by atoms with Crippen molar-refractivity contribution in [1.82, 2.24) is 19.9 Å². The molecule has 2 atom stereocenters. The third kappa shape index (κ3) is 4.23. The van der Waals surface area contributed by atoms with E-state index in [1.165, 1.54) is 25.6 Å². The molecule has 1 amide bonds. The molecule has 1 aliphatic heterocycles. The number of carbonyl (C=O) groups is 1. The molecule has 12 heteroatoms. The van der Waals surface area contributed by atoms with Crippen LogP contribution in [0.15, 0.2) is 30.7 Å². The zero-order valence-electron chi connectivity index (χ0n) is 17.6. The van der Waals surface area contributed by atoms with E-state index in [0.717, 1.165) is 12.1 Å². The highest BCUT2D eigenvalue weighted by Gasteiger charge is 2.31. The highest BCUT2D eigenvalue weighted by Crippen LogP contribution is 2.39. The number of benzene rings is 1. The molecule has 0 bridgehead atoms. The minimum Gasteiger partial charge on any atom is -0.755 e. The van der Waals surface area contributed by atoms with Gasteiger partial charge in [0.2, 0.25) is 0 Å². The number of amides is 1. The van der Waals surface area contributed by atoms with Crippen molar-refractivity contribution in [2.45, 2.75) is 32.2 Å². The van der Waals surface area contributed by atoms with Gasteiger partial charge in [-0.15, -0.1) is 0 Å². The van der Waals surface area contributed by atoms with Gasteiger partial charge in [-0.3, -0.25) is 18.3 Å². The van der Waals surface area contributed by atoms with Gasteiger partial charge in [0.25, 0.3) is 5.91 Å². The van der Waals surface area contributed by atoms with Gasteiger partial charge in [0.05, 0.1) is 45.4 Å². The molecule has 0 spiro atoms. The van der Waals surface area contributed by atoms with Crippen molar-refractivity contribution < 1.29 is 22.3 Å². The number of rotatable bonds is 5. The Bertz CT molecular complexity index is 1270. The van der Waals surface area contributed by atoms with Gasteiger partial charge in [0.15, 0.2) is 5.82 Å². The van der Waals surface area contributed by atoms with Crippen molar-refractivity contribution in [2.75, 3.05) is 11.4 Å². The van der Waals surface area contributed by atoms with Crippen LogP contribution < -0.4 is 9.62 Å². The van der Waals surface area contributed by atoms with E-state index >= 15 is 4.39 Å². The second kappa shape index (κ2) is 9.16. The van der Waals surface area contributed by atoms with Gasteiger partial charge in [0, 0.05) is 31.3 Å². The molecule has 4 rings (SSSR count). The van der Waals surface area contributed by atoms with E-state index in [-0.39, 0.29) is 40.1 Å². The summed E-state index contributed by atoms with van der Waals surface area (Å²) in [5, 5.41) is 2.69. The highest BCUT2D eigenvalue weighted by molar-refractivity contribution is 7.81. The molecule has 174 valence electrons. The van der Waals surface area contributed by atoms with Crippen molar-refractivity contribution in [3.63, 3.8) is 0 Å². The molecule has 0 fully saturated rings. The van der Waals surface area contributed by atoms with Crippen LogP contribution in [-0.4, -0.2) is 36.3 Å². The van der Waals surface area contributed by atoms with Crippen LogP contribution in [0.1, 0.15) is 39.8 Å².